The molecule has 3 aromatic carbocycles. The van der Waals surface area contributed by atoms with Gasteiger partial charge in [-0.2, -0.15) is 0 Å². The minimum absolute atomic E-state index is 0.168. The molecule has 176 valence electrons. The molecule has 0 radical (unpaired) electrons. The summed E-state index contributed by atoms with van der Waals surface area (Å²) in [5.74, 6) is 0.603. The molecule has 0 aliphatic carbocycles. The standard InChI is InChI=1S/C30H33NO3/c1-20-12-11-13-21(2)27(20)28-22(3)16-17-26(23(28)4)34-19-10-6-5-9-18-31-29(32)24-14-7-8-15-25(24)30(31)33/h7-8,11-17H,5-6,9-10,18-19H2,1-4H3. The van der Waals surface area contributed by atoms with Crippen LogP contribution in [0.1, 0.15) is 68.7 Å². The molecule has 3 aromatic rings. The number of nitrogens with zero attached hydrogens (tertiary/aromatic N) is 1. The highest BCUT2D eigenvalue weighted by Gasteiger charge is 2.34. The molecule has 4 heteroatoms. The second-order valence-corrected chi connectivity index (χ2v) is 9.22. The maximum atomic E-state index is 12.4. The van der Waals surface area contributed by atoms with Gasteiger partial charge in [-0.1, -0.05) is 49.2 Å². The van der Waals surface area contributed by atoms with Crippen LogP contribution in [-0.4, -0.2) is 29.9 Å². The van der Waals surface area contributed by atoms with Crippen molar-refractivity contribution in [2.24, 2.45) is 0 Å². The van der Waals surface area contributed by atoms with Crippen LogP contribution in [0, 0.1) is 27.7 Å². The molecule has 4 rings (SSSR count). The normalized spacial score (nSPS) is 12.9. The lowest BCUT2D eigenvalue weighted by atomic mass is 9.89. The minimum atomic E-state index is -0.168. The Balaban J connectivity index is 1.27. The maximum absolute atomic E-state index is 12.4. The first-order chi connectivity index (χ1) is 16.4. The Hall–Kier alpha value is -3.40. The largest absolute Gasteiger partial charge is 0.493 e. The molecular formula is C30H33NO3. The van der Waals surface area contributed by atoms with Crippen LogP contribution in [0.5, 0.6) is 5.75 Å². The van der Waals surface area contributed by atoms with Crippen molar-refractivity contribution in [1.82, 2.24) is 4.90 Å². The van der Waals surface area contributed by atoms with E-state index >= 15 is 0 Å². The van der Waals surface area contributed by atoms with Gasteiger partial charge < -0.3 is 4.74 Å². The van der Waals surface area contributed by atoms with Crippen LogP contribution in [0.25, 0.3) is 11.1 Å². The molecule has 1 heterocycles. The van der Waals surface area contributed by atoms with E-state index < -0.39 is 0 Å². The molecule has 0 fully saturated rings. The van der Waals surface area contributed by atoms with Crippen LogP contribution in [0.3, 0.4) is 0 Å². The highest BCUT2D eigenvalue weighted by molar-refractivity contribution is 6.21. The second kappa shape index (κ2) is 10.3. The number of rotatable bonds is 9. The van der Waals surface area contributed by atoms with Crippen molar-refractivity contribution >= 4 is 11.8 Å². The number of ether oxygens (including phenoxy) is 1. The van der Waals surface area contributed by atoms with Crippen molar-refractivity contribution in [3.63, 3.8) is 0 Å². The van der Waals surface area contributed by atoms with Gasteiger partial charge in [0, 0.05) is 6.54 Å². The second-order valence-electron chi connectivity index (χ2n) is 9.22. The molecule has 0 bridgehead atoms. The fraction of sp³-hybridized carbons (Fsp3) is 0.333. The summed E-state index contributed by atoms with van der Waals surface area (Å²) in [6.45, 7) is 9.76. The van der Waals surface area contributed by atoms with Crippen LogP contribution in [-0.2, 0) is 0 Å². The van der Waals surface area contributed by atoms with E-state index in [2.05, 4.69) is 58.0 Å². The van der Waals surface area contributed by atoms with E-state index in [0.29, 0.717) is 24.3 Å². The lowest BCUT2D eigenvalue weighted by Gasteiger charge is -2.19. The maximum Gasteiger partial charge on any atom is 0.261 e. The van der Waals surface area contributed by atoms with Gasteiger partial charge in [0.15, 0.2) is 0 Å². The number of carbonyl (C=O) groups is 2. The summed E-state index contributed by atoms with van der Waals surface area (Å²) in [6.07, 6.45) is 3.70. The molecule has 1 aliphatic heterocycles. The Morgan fingerprint density at radius 3 is 1.88 bits per heavy atom. The van der Waals surface area contributed by atoms with Crippen molar-refractivity contribution in [3.05, 3.63) is 88.0 Å². The van der Waals surface area contributed by atoms with Gasteiger partial charge in [0.05, 0.1) is 17.7 Å². The Labute approximate surface area is 202 Å². The number of hydrogen-bond acceptors (Lipinski definition) is 3. The molecule has 0 atom stereocenters. The van der Waals surface area contributed by atoms with Gasteiger partial charge in [-0.25, -0.2) is 0 Å². The van der Waals surface area contributed by atoms with E-state index in [4.69, 9.17) is 4.74 Å². The summed E-state index contributed by atoms with van der Waals surface area (Å²) < 4.78 is 6.17. The average Bonchev–Trinajstić information content (AvgIpc) is 3.06. The highest BCUT2D eigenvalue weighted by Crippen LogP contribution is 2.37. The Morgan fingerprint density at radius 2 is 1.24 bits per heavy atom. The SMILES string of the molecule is Cc1cccc(C)c1-c1c(C)ccc(OCCCCCCN2C(=O)c3ccccc3C2=O)c1C. The number of hydrogen-bond donors (Lipinski definition) is 0. The third-order valence-corrected chi connectivity index (χ3v) is 6.77. The molecule has 4 nitrogen and oxygen atoms in total. The monoisotopic (exact) mass is 455 g/mol. The van der Waals surface area contributed by atoms with Crippen LogP contribution >= 0.6 is 0 Å². The lowest BCUT2D eigenvalue weighted by Crippen LogP contribution is -2.30. The third kappa shape index (κ3) is 4.63. The third-order valence-electron chi connectivity index (χ3n) is 6.77. The van der Waals surface area contributed by atoms with Gasteiger partial charge in [0.25, 0.3) is 11.8 Å². The van der Waals surface area contributed by atoms with Gasteiger partial charge in [-0.3, -0.25) is 14.5 Å². The quantitative estimate of drug-likeness (QED) is 0.263. The number of imide groups is 1. The van der Waals surface area contributed by atoms with Crippen molar-refractivity contribution in [2.75, 3.05) is 13.2 Å². The number of aryl methyl sites for hydroxylation is 3. The minimum Gasteiger partial charge on any atom is -0.493 e. The predicted octanol–water partition coefficient (Wildman–Crippen LogP) is 6.82. The van der Waals surface area contributed by atoms with Gasteiger partial charge in [0.2, 0.25) is 0 Å². The summed E-state index contributed by atoms with van der Waals surface area (Å²) in [5, 5.41) is 0. The molecule has 0 spiro atoms. The molecule has 2 amide bonds. The zero-order valence-electron chi connectivity index (χ0n) is 20.6. The van der Waals surface area contributed by atoms with Crippen molar-refractivity contribution < 1.29 is 14.3 Å². The smallest absolute Gasteiger partial charge is 0.261 e. The lowest BCUT2D eigenvalue weighted by molar-refractivity contribution is 0.0651. The number of benzene rings is 3. The van der Waals surface area contributed by atoms with Crippen molar-refractivity contribution in [2.45, 2.75) is 53.4 Å². The summed E-state index contributed by atoms with van der Waals surface area (Å²) in [7, 11) is 0. The van der Waals surface area contributed by atoms with E-state index in [-0.39, 0.29) is 11.8 Å². The molecule has 1 aliphatic rings. The van der Waals surface area contributed by atoms with E-state index in [9.17, 15) is 9.59 Å². The van der Waals surface area contributed by atoms with Crippen molar-refractivity contribution in [1.29, 1.82) is 0 Å². The number of unbranched alkanes of at least 4 members (excludes halogenated alkanes) is 3. The fourth-order valence-corrected chi connectivity index (χ4v) is 4.93. The zero-order valence-corrected chi connectivity index (χ0v) is 20.6. The van der Waals surface area contributed by atoms with Crippen LogP contribution in [0.2, 0.25) is 0 Å². The van der Waals surface area contributed by atoms with E-state index in [1.165, 1.54) is 38.3 Å². The Morgan fingerprint density at radius 1 is 0.647 bits per heavy atom. The first kappa shape index (κ1) is 23.7. The van der Waals surface area contributed by atoms with Gasteiger partial charge in [-0.15, -0.1) is 0 Å². The van der Waals surface area contributed by atoms with Gasteiger partial charge in [-0.05, 0) is 92.1 Å². The summed E-state index contributed by atoms with van der Waals surface area (Å²) >= 11 is 0. The van der Waals surface area contributed by atoms with Gasteiger partial charge >= 0.3 is 0 Å². The molecular weight excluding hydrogens is 422 g/mol. The first-order valence-corrected chi connectivity index (χ1v) is 12.1. The molecule has 0 saturated heterocycles. The predicted molar refractivity (Wildman–Crippen MR) is 137 cm³/mol. The summed E-state index contributed by atoms with van der Waals surface area (Å²) in [6, 6.07) is 17.7. The number of carbonyl (C=O) groups excluding carboxylic acids is 2. The first-order valence-electron chi connectivity index (χ1n) is 12.1. The van der Waals surface area contributed by atoms with Crippen LogP contribution < -0.4 is 4.74 Å². The Kier molecular flexibility index (Phi) is 7.16. The summed E-state index contributed by atoms with van der Waals surface area (Å²) in [4.78, 5) is 26.3. The molecule has 0 saturated carbocycles. The molecule has 0 N–H and O–H groups in total. The molecule has 0 aromatic heterocycles. The van der Waals surface area contributed by atoms with Crippen molar-refractivity contribution in [3.8, 4) is 16.9 Å². The van der Waals surface area contributed by atoms with Gasteiger partial charge in [0.1, 0.15) is 5.75 Å². The number of fused-ring (bicyclic) bond motifs is 1. The molecule has 0 unspecified atom stereocenters. The summed E-state index contributed by atoms with van der Waals surface area (Å²) in [5.41, 5.74) is 8.62. The van der Waals surface area contributed by atoms with E-state index in [0.717, 1.165) is 31.4 Å². The fourth-order valence-electron chi connectivity index (χ4n) is 4.93. The van der Waals surface area contributed by atoms with E-state index in [1.54, 1.807) is 24.3 Å². The van der Waals surface area contributed by atoms with Crippen LogP contribution in [0.4, 0.5) is 0 Å². The highest BCUT2D eigenvalue weighted by atomic mass is 16.5. The topological polar surface area (TPSA) is 46.6 Å². The Bertz CT molecular complexity index is 1170. The molecule has 34 heavy (non-hydrogen) atoms. The zero-order chi connectivity index (χ0) is 24.2. The van der Waals surface area contributed by atoms with E-state index in [1.807, 2.05) is 0 Å². The van der Waals surface area contributed by atoms with Crippen LogP contribution in [0.15, 0.2) is 54.6 Å². The average molecular weight is 456 g/mol. The number of amides is 2.